The third kappa shape index (κ3) is 7.49. The number of nitrogens with zero attached hydrogens (tertiary/aromatic N) is 2. The molecule has 0 radical (unpaired) electrons. The molecule has 0 N–H and O–H groups in total. The fourth-order valence-electron chi connectivity index (χ4n) is 9.72. The molecule has 0 amide bonds. The van der Waals surface area contributed by atoms with Crippen LogP contribution in [0.5, 0.6) is 0 Å². The Morgan fingerprint density at radius 1 is 0.246 bits per heavy atom. The summed E-state index contributed by atoms with van der Waals surface area (Å²) in [7, 11) is 0. The van der Waals surface area contributed by atoms with Crippen LogP contribution in [0, 0.1) is 0 Å². The first kappa shape index (κ1) is 39.6. The van der Waals surface area contributed by atoms with Gasteiger partial charge in [-0.15, -0.1) is 0 Å². The first-order valence-corrected chi connectivity index (χ1v) is 22.5. The molecule has 0 bridgehead atoms. The van der Waals surface area contributed by atoms with Gasteiger partial charge in [0.1, 0.15) is 0 Å². The van der Waals surface area contributed by atoms with Crippen LogP contribution in [0.4, 0.5) is 34.1 Å². The lowest BCUT2D eigenvalue weighted by Crippen LogP contribution is -2.15. The quantitative estimate of drug-likeness (QED) is 0.135. The van der Waals surface area contributed by atoms with Crippen molar-refractivity contribution in [2.45, 2.75) is 19.3 Å². The normalized spacial score (nSPS) is 12.3. The van der Waals surface area contributed by atoms with Crippen molar-refractivity contribution in [1.29, 1.82) is 0 Å². The minimum Gasteiger partial charge on any atom is -0.311 e. The van der Waals surface area contributed by atoms with Crippen molar-refractivity contribution in [2.24, 2.45) is 0 Å². The molecule has 310 valence electrons. The van der Waals surface area contributed by atoms with E-state index in [1.54, 1.807) is 0 Å². The third-order valence-corrected chi connectivity index (χ3v) is 13.1. The summed E-state index contributed by atoms with van der Waals surface area (Å²) >= 11 is 0. The molecule has 0 atom stereocenters. The monoisotopic (exact) mass is 832 g/mol. The second-order valence-corrected chi connectivity index (χ2v) is 17.4. The fourth-order valence-corrected chi connectivity index (χ4v) is 9.72. The molecule has 0 aliphatic heterocycles. The maximum Gasteiger partial charge on any atom is 0.0462 e. The lowest BCUT2D eigenvalue weighted by Gasteiger charge is -2.26. The van der Waals surface area contributed by atoms with Gasteiger partial charge in [-0.1, -0.05) is 190 Å². The molecule has 0 aromatic heterocycles. The van der Waals surface area contributed by atoms with E-state index in [-0.39, 0.29) is 5.41 Å². The van der Waals surface area contributed by atoms with Crippen LogP contribution >= 0.6 is 0 Å². The molecule has 0 unspecified atom stereocenters. The standard InChI is InChI=1S/C63H48N2/c1-63(2)60-25-15-24-58(50-32-41-57(42-33-50)65(53-22-13-6-14-23-53)55-37-28-48(29-38-55)46-18-9-4-10-19-46)62(60)59-43-34-51(44-61(59)63)49-30-39-56(40-31-49)64(52-20-11-5-12-21-52)54-35-26-47(27-36-54)45-16-7-3-8-17-45/h3-44H,1-2H3. The Kier molecular flexibility index (Phi) is 10.3. The molecule has 65 heavy (non-hydrogen) atoms. The van der Waals surface area contributed by atoms with Gasteiger partial charge in [-0.2, -0.15) is 0 Å². The van der Waals surface area contributed by atoms with Gasteiger partial charge in [0, 0.05) is 39.5 Å². The van der Waals surface area contributed by atoms with Crippen LogP contribution in [0.1, 0.15) is 25.0 Å². The lowest BCUT2D eigenvalue weighted by atomic mass is 9.81. The number of para-hydroxylation sites is 2. The zero-order valence-corrected chi connectivity index (χ0v) is 36.6. The van der Waals surface area contributed by atoms with Crippen molar-refractivity contribution in [3.8, 4) is 55.6 Å². The minimum absolute atomic E-state index is 0.164. The summed E-state index contributed by atoms with van der Waals surface area (Å²) in [4.78, 5) is 4.67. The third-order valence-electron chi connectivity index (χ3n) is 13.1. The SMILES string of the molecule is CC1(C)c2cc(-c3ccc(N(c4ccccc4)c4ccc(-c5ccccc5)cc4)cc3)ccc2-c2c(-c3ccc(N(c4ccccc4)c4ccc(-c5ccccc5)cc4)cc3)cccc21. The molecule has 0 saturated heterocycles. The Morgan fingerprint density at radius 2 is 0.585 bits per heavy atom. The summed E-state index contributed by atoms with van der Waals surface area (Å²) in [5, 5.41) is 0. The smallest absolute Gasteiger partial charge is 0.0462 e. The molecule has 0 heterocycles. The van der Waals surface area contributed by atoms with Crippen molar-refractivity contribution in [3.05, 3.63) is 266 Å². The van der Waals surface area contributed by atoms with Gasteiger partial charge < -0.3 is 9.80 Å². The molecule has 2 nitrogen and oxygen atoms in total. The zero-order valence-electron chi connectivity index (χ0n) is 36.6. The number of anilines is 6. The van der Waals surface area contributed by atoms with E-state index in [9.17, 15) is 0 Å². The van der Waals surface area contributed by atoms with Gasteiger partial charge >= 0.3 is 0 Å². The summed E-state index contributed by atoms with van der Waals surface area (Å²) in [5.41, 5.74) is 21.6. The fraction of sp³-hybridized carbons (Fsp3) is 0.0476. The summed E-state index contributed by atoms with van der Waals surface area (Å²) in [6.45, 7) is 4.75. The molecule has 1 aliphatic carbocycles. The molecule has 10 aromatic rings. The van der Waals surface area contributed by atoms with Gasteiger partial charge in [-0.05, 0) is 146 Å². The number of fused-ring (bicyclic) bond motifs is 3. The number of benzene rings is 10. The Bertz CT molecular complexity index is 3210. The molecule has 10 aromatic carbocycles. The molecule has 2 heteroatoms. The van der Waals surface area contributed by atoms with Crippen molar-refractivity contribution in [2.75, 3.05) is 9.80 Å². The van der Waals surface area contributed by atoms with Gasteiger partial charge in [0.25, 0.3) is 0 Å². The summed E-state index contributed by atoms with van der Waals surface area (Å²) in [5.74, 6) is 0. The topological polar surface area (TPSA) is 6.48 Å². The van der Waals surface area contributed by atoms with E-state index >= 15 is 0 Å². The minimum atomic E-state index is -0.164. The second-order valence-electron chi connectivity index (χ2n) is 17.4. The van der Waals surface area contributed by atoms with Crippen LogP contribution in [0.3, 0.4) is 0 Å². The van der Waals surface area contributed by atoms with E-state index in [0.717, 1.165) is 34.1 Å². The van der Waals surface area contributed by atoms with Crippen molar-refractivity contribution < 1.29 is 0 Å². The van der Waals surface area contributed by atoms with Crippen LogP contribution in [-0.4, -0.2) is 0 Å². The van der Waals surface area contributed by atoms with Gasteiger partial charge in [0.05, 0.1) is 0 Å². The predicted octanol–water partition coefficient (Wildman–Crippen LogP) is 17.6. The average Bonchev–Trinajstić information content (AvgIpc) is 3.61. The maximum absolute atomic E-state index is 2.43. The van der Waals surface area contributed by atoms with Crippen LogP contribution in [0.25, 0.3) is 55.6 Å². The highest BCUT2D eigenvalue weighted by Crippen LogP contribution is 2.53. The Labute approximate surface area is 383 Å². The van der Waals surface area contributed by atoms with Crippen LogP contribution in [0.2, 0.25) is 0 Å². The van der Waals surface area contributed by atoms with Crippen LogP contribution in [-0.2, 0) is 5.41 Å². The van der Waals surface area contributed by atoms with E-state index in [2.05, 4.69) is 278 Å². The highest BCUT2D eigenvalue weighted by atomic mass is 15.1. The Balaban J connectivity index is 0.897. The van der Waals surface area contributed by atoms with E-state index in [1.165, 1.54) is 66.8 Å². The number of hydrogen-bond donors (Lipinski definition) is 0. The second kappa shape index (κ2) is 16.8. The number of hydrogen-bond acceptors (Lipinski definition) is 2. The molecule has 0 fully saturated rings. The van der Waals surface area contributed by atoms with E-state index < -0.39 is 0 Å². The molecule has 11 rings (SSSR count). The first-order chi connectivity index (χ1) is 32.0. The molecule has 0 saturated carbocycles. The van der Waals surface area contributed by atoms with E-state index in [1.807, 2.05) is 0 Å². The Hall–Kier alpha value is -8.20. The molecule has 1 aliphatic rings. The largest absolute Gasteiger partial charge is 0.311 e. The van der Waals surface area contributed by atoms with Gasteiger partial charge in [0.2, 0.25) is 0 Å². The summed E-state index contributed by atoms with van der Waals surface area (Å²) in [6, 6.07) is 92.2. The van der Waals surface area contributed by atoms with Gasteiger partial charge in [0.15, 0.2) is 0 Å². The van der Waals surface area contributed by atoms with Gasteiger partial charge in [-0.25, -0.2) is 0 Å². The van der Waals surface area contributed by atoms with E-state index in [4.69, 9.17) is 0 Å². The zero-order chi connectivity index (χ0) is 43.7. The predicted molar refractivity (Wildman–Crippen MR) is 275 cm³/mol. The van der Waals surface area contributed by atoms with Crippen molar-refractivity contribution in [3.63, 3.8) is 0 Å². The van der Waals surface area contributed by atoms with Crippen LogP contribution in [0.15, 0.2) is 255 Å². The van der Waals surface area contributed by atoms with Gasteiger partial charge in [-0.3, -0.25) is 0 Å². The summed E-state index contributed by atoms with van der Waals surface area (Å²) < 4.78 is 0. The maximum atomic E-state index is 2.43. The summed E-state index contributed by atoms with van der Waals surface area (Å²) in [6.07, 6.45) is 0. The average molecular weight is 833 g/mol. The first-order valence-electron chi connectivity index (χ1n) is 22.5. The van der Waals surface area contributed by atoms with Crippen molar-refractivity contribution in [1.82, 2.24) is 0 Å². The van der Waals surface area contributed by atoms with Crippen molar-refractivity contribution >= 4 is 34.1 Å². The number of rotatable bonds is 10. The highest BCUT2D eigenvalue weighted by Gasteiger charge is 2.37. The highest BCUT2D eigenvalue weighted by molar-refractivity contribution is 5.94. The lowest BCUT2D eigenvalue weighted by molar-refractivity contribution is 0.660. The molecular weight excluding hydrogens is 785 g/mol. The van der Waals surface area contributed by atoms with E-state index in [0.29, 0.717) is 0 Å². The molecular formula is C63H48N2. The molecule has 0 spiro atoms. The van der Waals surface area contributed by atoms with Crippen LogP contribution < -0.4 is 9.80 Å². The Morgan fingerprint density at radius 3 is 1.02 bits per heavy atom.